The predicted molar refractivity (Wildman–Crippen MR) is 100 cm³/mol. The van der Waals surface area contributed by atoms with E-state index < -0.39 is 0 Å². The summed E-state index contributed by atoms with van der Waals surface area (Å²) in [6, 6.07) is 8.20. The lowest BCUT2D eigenvalue weighted by Gasteiger charge is -2.37. The van der Waals surface area contributed by atoms with Crippen LogP contribution in [0.1, 0.15) is 26.2 Å². The van der Waals surface area contributed by atoms with Crippen molar-refractivity contribution in [3.63, 3.8) is 0 Å². The first kappa shape index (κ1) is 16.6. The van der Waals surface area contributed by atoms with Crippen LogP contribution in [0.5, 0.6) is 0 Å². The maximum Gasteiger partial charge on any atom is 0.0426 e. The topological polar surface area (TPSA) is 6.48 Å². The molecule has 1 aliphatic carbocycles. The van der Waals surface area contributed by atoms with Crippen LogP contribution >= 0.6 is 11.6 Å². The van der Waals surface area contributed by atoms with E-state index in [1.807, 2.05) is 12.1 Å². The van der Waals surface area contributed by atoms with Gasteiger partial charge in [-0.1, -0.05) is 41.5 Å². The van der Waals surface area contributed by atoms with Crippen molar-refractivity contribution >= 4 is 17.3 Å². The summed E-state index contributed by atoms with van der Waals surface area (Å²) in [7, 11) is 0. The number of halogens is 1. The lowest BCUT2D eigenvalue weighted by atomic mass is 9.85. The largest absolute Gasteiger partial charge is 0.369 e. The third-order valence-corrected chi connectivity index (χ3v) is 5.41. The minimum absolute atomic E-state index is 0.707. The molecule has 0 amide bonds. The van der Waals surface area contributed by atoms with E-state index in [0.29, 0.717) is 5.92 Å². The predicted octanol–water partition coefficient (Wildman–Crippen LogP) is 4.76. The minimum atomic E-state index is 0.707. The highest BCUT2D eigenvalue weighted by molar-refractivity contribution is 6.30. The van der Waals surface area contributed by atoms with E-state index in [-0.39, 0.29) is 0 Å². The van der Waals surface area contributed by atoms with Crippen molar-refractivity contribution in [2.75, 3.05) is 37.6 Å². The van der Waals surface area contributed by atoms with Gasteiger partial charge in [-0.15, -0.1) is 0 Å². The average Bonchev–Trinajstić information content (AvgIpc) is 2.56. The summed E-state index contributed by atoms with van der Waals surface area (Å²) in [5.41, 5.74) is 4.22. The van der Waals surface area contributed by atoms with Gasteiger partial charge in [-0.05, 0) is 50.3 Å². The number of nitrogens with zero attached hydrogens (tertiary/aromatic N) is 2. The molecule has 2 nitrogen and oxygen atoms in total. The zero-order valence-electron chi connectivity index (χ0n) is 14.1. The van der Waals surface area contributed by atoms with Crippen LogP contribution in [0.15, 0.2) is 48.1 Å². The van der Waals surface area contributed by atoms with Gasteiger partial charge in [-0.3, -0.25) is 4.90 Å². The van der Waals surface area contributed by atoms with E-state index in [1.54, 1.807) is 5.57 Å². The summed E-state index contributed by atoms with van der Waals surface area (Å²) < 4.78 is 0. The third kappa shape index (κ3) is 4.39. The number of benzene rings is 1. The lowest BCUT2D eigenvalue weighted by Crippen LogP contribution is -2.47. The molecule has 124 valence electrons. The molecule has 0 aromatic heterocycles. The van der Waals surface area contributed by atoms with Gasteiger partial charge in [0, 0.05) is 43.4 Å². The van der Waals surface area contributed by atoms with Crippen LogP contribution in [-0.2, 0) is 0 Å². The Bertz CT molecular complexity index is 585. The molecule has 0 unspecified atom stereocenters. The smallest absolute Gasteiger partial charge is 0.0426 e. The molecule has 0 radical (unpaired) electrons. The molecule has 1 heterocycles. The Hall–Kier alpha value is -1.25. The van der Waals surface area contributed by atoms with E-state index in [0.717, 1.165) is 37.7 Å². The molecule has 1 aliphatic heterocycles. The van der Waals surface area contributed by atoms with Crippen LogP contribution in [0.4, 0.5) is 5.69 Å². The first-order valence-corrected chi connectivity index (χ1v) is 9.06. The van der Waals surface area contributed by atoms with E-state index in [1.165, 1.54) is 30.5 Å². The molecule has 0 spiro atoms. The normalized spacial score (nSPS) is 22.8. The van der Waals surface area contributed by atoms with Crippen LogP contribution in [-0.4, -0.2) is 37.6 Å². The Morgan fingerprint density at radius 2 is 2.04 bits per heavy atom. The second-order valence-electron chi connectivity index (χ2n) is 6.92. The van der Waals surface area contributed by atoms with Gasteiger partial charge < -0.3 is 4.90 Å². The molecule has 3 heteroatoms. The number of allylic oxidation sites excluding steroid dienone is 2. The fourth-order valence-corrected chi connectivity index (χ4v) is 3.79. The van der Waals surface area contributed by atoms with E-state index >= 15 is 0 Å². The summed E-state index contributed by atoms with van der Waals surface area (Å²) in [6.07, 6.45) is 6.18. The molecular formula is C20H27ClN2. The average molecular weight is 331 g/mol. The first-order chi connectivity index (χ1) is 11.1. The molecule has 1 atom stereocenters. The van der Waals surface area contributed by atoms with Gasteiger partial charge in [-0.2, -0.15) is 0 Å². The summed E-state index contributed by atoms with van der Waals surface area (Å²) in [6.45, 7) is 11.9. The van der Waals surface area contributed by atoms with Crippen molar-refractivity contribution < 1.29 is 0 Å². The van der Waals surface area contributed by atoms with Gasteiger partial charge in [0.1, 0.15) is 0 Å². The quantitative estimate of drug-likeness (QED) is 0.734. The monoisotopic (exact) mass is 330 g/mol. The number of hydrogen-bond donors (Lipinski definition) is 0. The SMILES string of the molecule is C=C(C)[C@@H]1CC=C(CN2CCN(c3cccc(Cl)c3)CC2)CC1. The number of piperazine rings is 1. The van der Waals surface area contributed by atoms with Crippen LogP contribution in [0, 0.1) is 5.92 Å². The molecule has 1 saturated heterocycles. The van der Waals surface area contributed by atoms with Crippen molar-refractivity contribution in [3.05, 3.63) is 53.1 Å². The Morgan fingerprint density at radius 1 is 1.26 bits per heavy atom. The maximum atomic E-state index is 6.10. The molecule has 0 bridgehead atoms. The van der Waals surface area contributed by atoms with E-state index in [4.69, 9.17) is 11.6 Å². The molecule has 1 fully saturated rings. The van der Waals surface area contributed by atoms with Crippen LogP contribution < -0.4 is 4.90 Å². The minimum Gasteiger partial charge on any atom is -0.369 e. The summed E-state index contributed by atoms with van der Waals surface area (Å²) in [5, 5.41) is 0.823. The number of rotatable bonds is 4. The highest BCUT2D eigenvalue weighted by atomic mass is 35.5. The molecule has 0 saturated carbocycles. The Balaban J connectivity index is 1.49. The molecule has 1 aromatic carbocycles. The molecule has 0 N–H and O–H groups in total. The fourth-order valence-electron chi connectivity index (χ4n) is 3.60. The number of hydrogen-bond acceptors (Lipinski definition) is 2. The highest BCUT2D eigenvalue weighted by Crippen LogP contribution is 2.29. The Kier molecular flexibility index (Phi) is 5.45. The Labute approximate surface area is 145 Å². The van der Waals surface area contributed by atoms with Gasteiger partial charge in [0.05, 0.1) is 0 Å². The van der Waals surface area contributed by atoms with Crippen molar-refractivity contribution in [3.8, 4) is 0 Å². The van der Waals surface area contributed by atoms with Crippen LogP contribution in [0.25, 0.3) is 0 Å². The summed E-state index contributed by atoms with van der Waals surface area (Å²) >= 11 is 6.10. The second-order valence-corrected chi connectivity index (χ2v) is 7.36. The molecule has 3 rings (SSSR count). The first-order valence-electron chi connectivity index (χ1n) is 8.68. The van der Waals surface area contributed by atoms with Crippen molar-refractivity contribution in [1.82, 2.24) is 4.90 Å². The Morgan fingerprint density at radius 3 is 2.65 bits per heavy atom. The zero-order valence-corrected chi connectivity index (χ0v) is 14.9. The third-order valence-electron chi connectivity index (χ3n) is 5.17. The molecular weight excluding hydrogens is 304 g/mol. The van der Waals surface area contributed by atoms with Crippen molar-refractivity contribution in [2.24, 2.45) is 5.92 Å². The second kappa shape index (κ2) is 7.55. The van der Waals surface area contributed by atoms with Gasteiger partial charge in [0.2, 0.25) is 0 Å². The van der Waals surface area contributed by atoms with Crippen molar-refractivity contribution in [2.45, 2.75) is 26.2 Å². The van der Waals surface area contributed by atoms with Gasteiger partial charge in [0.15, 0.2) is 0 Å². The molecule has 23 heavy (non-hydrogen) atoms. The maximum absolute atomic E-state index is 6.10. The summed E-state index contributed by atoms with van der Waals surface area (Å²) in [4.78, 5) is 5.03. The van der Waals surface area contributed by atoms with Crippen LogP contribution in [0.3, 0.4) is 0 Å². The van der Waals surface area contributed by atoms with Gasteiger partial charge >= 0.3 is 0 Å². The van der Waals surface area contributed by atoms with Crippen molar-refractivity contribution in [1.29, 1.82) is 0 Å². The van der Waals surface area contributed by atoms with Gasteiger partial charge in [-0.25, -0.2) is 0 Å². The van der Waals surface area contributed by atoms with Gasteiger partial charge in [0.25, 0.3) is 0 Å². The lowest BCUT2D eigenvalue weighted by molar-refractivity contribution is 0.273. The molecule has 2 aliphatic rings. The number of anilines is 1. The molecule has 1 aromatic rings. The van der Waals surface area contributed by atoms with E-state index in [9.17, 15) is 0 Å². The highest BCUT2D eigenvalue weighted by Gasteiger charge is 2.20. The zero-order chi connectivity index (χ0) is 16.2. The standard InChI is InChI=1S/C20H27ClN2/c1-16(2)18-8-6-17(7-9-18)15-22-10-12-23(13-11-22)20-5-3-4-19(21)14-20/h3-6,14,18H,1,7-13,15H2,2H3/t18-/m1/s1. The summed E-state index contributed by atoms with van der Waals surface area (Å²) in [5.74, 6) is 0.707. The fraction of sp³-hybridized carbons (Fsp3) is 0.500. The van der Waals surface area contributed by atoms with Crippen LogP contribution in [0.2, 0.25) is 5.02 Å². The van der Waals surface area contributed by atoms with E-state index in [2.05, 4.69) is 41.5 Å².